The molecular formula is C14H17NO3S. The number of carbonyl (C=O) groups is 2. The SMILES string of the molecule is CC(C)SCC(=O)Nc1ccc(/C=C/C(=O)O)cc1. The molecule has 0 saturated heterocycles. The highest BCUT2D eigenvalue weighted by molar-refractivity contribution is 8.00. The summed E-state index contributed by atoms with van der Waals surface area (Å²) in [5, 5.41) is 11.7. The van der Waals surface area contributed by atoms with Crippen LogP contribution in [0.2, 0.25) is 0 Å². The van der Waals surface area contributed by atoms with Crippen molar-refractivity contribution in [2.24, 2.45) is 0 Å². The number of rotatable bonds is 6. The molecule has 0 fully saturated rings. The molecule has 102 valence electrons. The average Bonchev–Trinajstić information content (AvgIpc) is 2.35. The van der Waals surface area contributed by atoms with Gasteiger partial charge in [0.25, 0.3) is 0 Å². The van der Waals surface area contributed by atoms with Gasteiger partial charge in [-0.05, 0) is 29.0 Å². The lowest BCUT2D eigenvalue weighted by Gasteiger charge is -2.07. The number of hydrogen-bond donors (Lipinski definition) is 2. The van der Waals surface area contributed by atoms with Crippen molar-refractivity contribution in [2.75, 3.05) is 11.1 Å². The van der Waals surface area contributed by atoms with Gasteiger partial charge in [0, 0.05) is 11.8 Å². The minimum Gasteiger partial charge on any atom is -0.478 e. The highest BCUT2D eigenvalue weighted by Crippen LogP contribution is 2.13. The Morgan fingerprint density at radius 2 is 1.95 bits per heavy atom. The van der Waals surface area contributed by atoms with E-state index in [4.69, 9.17) is 5.11 Å². The summed E-state index contributed by atoms with van der Waals surface area (Å²) in [5.74, 6) is -0.589. The molecule has 19 heavy (non-hydrogen) atoms. The van der Waals surface area contributed by atoms with E-state index in [2.05, 4.69) is 5.32 Å². The summed E-state index contributed by atoms with van der Waals surface area (Å²) >= 11 is 1.58. The molecule has 1 aromatic carbocycles. The van der Waals surface area contributed by atoms with Crippen molar-refractivity contribution in [3.63, 3.8) is 0 Å². The number of carbonyl (C=O) groups excluding carboxylic acids is 1. The summed E-state index contributed by atoms with van der Waals surface area (Å²) in [4.78, 5) is 22.0. The number of anilines is 1. The molecule has 0 unspecified atom stereocenters. The largest absolute Gasteiger partial charge is 0.478 e. The monoisotopic (exact) mass is 279 g/mol. The Hall–Kier alpha value is -1.75. The minimum atomic E-state index is -0.983. The first-order valence-electron chi connectivity index (χ1n) is 5.90. The van der Waals surface area contributed by atoms with Crippen LogP contribution in [0.4, 0.5) is 5.69 Å². The molecule has 0 aromatic heterocycles. The van der Waals surface area contributed by atoms with Crippen LogP contribution in [-0.4, -0.2) is 28.0 Å². The quantitative estimate of drug-likeness (QED) is 0.786. The minimum absolute atomic E-state index is 0.0347. The lowest BCUT2D eigenvalue weighted by molar-refractivity contribution is -0.131. The van der Waals surface area contributed by atoms with E-state index in [1.807, 2.05) is 13.8 Å². The zero-order chi connectivity index (χ0) is 14.3. The van der Waals surface area contributed by atoms with Crippen LogP contribution >= 0.6 is 11.8 Å². The maximum absolute atomic E-state index is 11.6. The lowest BCUT2D eigenvalue weighted by Crippen LogP contribution is -2.15. The normalized spacial score (nSPS) is 10.9. The molecule has 0 bridgehead atoms. The first kappa shape index (κ1) is 15.3. The van der Waals surface area contributed by atoms with Crippen molar-refractivity contribution in [3.05, 3.63) is 35.9 Å². The highest BCUT2D eigenvalue weighted by atomic mass is 32.2. The van der Waals surface area contributed by atoms with Gasteiger partial charge in [0.1, 0.15) is 0 Å². The summed E-state index contributed by atoms with van der Waals surface area (Å²) in [6.07, 6.45) is 2.58. The Labute approximate surface area is 116 Å². The second-order valence-electron chi connectivity index (χ2n) is 4.20. The van der Waals surface area contributed by atoms with E-state index in [-0.39, 0.29) is 5.91 Å². The van der Waals surface area contributed by atoms with Gasteiger partial charge in [-0.3, -0.25) is 4.79 Å². The zero-order valence-electron chi connectivity index (χ0n) is 10.9. The van der Waals surface area contributed by atoms with Crippen molar-refractivity contribution >= 4 is 35.4 Å². The van der Waals surface area contributed by atoms with Gasteiger partial charge in [-0.15, -0.1) is 11.8 Å². The molecule has 0 radical (unpaired) electrons. The Kier molecular flexibility index (Phi) is 6.15. The molecule has 1 aromatic rings. The molecule has 0 heterocycles. The van der Waals surface area contributed by atoms with Crippen LogP contribution in [0, 0.1) is 0 Å². The van der Waals surface area contributed by atoms with E-state index in [0.29, 0.717) is 16.7 Å². The van der Waals surface area contributed by atoms with E-state index in [1.165, 1.54) is 6.08 Å². The van der Waals surface area contributed by atoms with Crippen LogP contribution in [0.15, 0.2) is 30.3 Å². The Morgan fingerprint density at radius 3 is 2.47 bits per heavy atom. The van der Waals surface area contributed by atoms with Gasteiger partial charge in [-0.1, -0.05) is 26.0 Å². The van der Waals surface area contributed by atoms with E-state index < -0.39 is 5.97 Å². The number of hydrogen-bond acceptors (Lipinski definition) is 3. The first-order valence-corrected chi connectivity index (χ1v) is 6.95. The highest BCUT2D eigenvalue weighted by Gasteiger charge is 2.04. The molecule has 0 atom stereocenters. The van der Waals surface area contributed by atoms with Crippen LogP contribution in [0.1, 0.15) is 19.4 Å². The molecule has 0 aliphatic heterocycles. The van der Waals surface area contributed by atoms with Gasteiger partial charge >= 0.3 is 5.97 Å². The van der Waals surface area contributed by atoms with Gasteiger partial charge in [0.05, 0.1) is 5.75 Å². The van der Waals surface area contributed by atoms with E-state index >= 15 is 0 Å². The lowest BCUT2D eigenvalue weighted by atomic mass is 10.2. The summed E-state index contributed by atoms with van der Waals surface area (Å²) in [7, 11) is 0. The van der Waals surface area contributed by atoms with E-state index in [9.17, 15) is 9.59 Å². The second-order valence-corrected chi connectivity index (χ2v) is 5.77. The Balaban J connectivity index is 2.52. The molecule has 1 amide bonds. The number of nitrogens with one attached hydrogen (secondary N) is 1. The van der Waals surface area contributed by atoms with E-state index in [1.54, 1.807) is 36.0 Å². The third kappa shape index (κ3) is 6.67. The maximum Gasteiger partial charge on any atom is 0.328 e. The molecular weight excluding hydrogens is 262 g/mol. The summed E-state index contributed by atoms with van der Waals surface area (Å²) < 4.78 is 0. The molecule has 1 rings (SSSR count). The topological polar surface area (TPSA) is 66.4 Å². The summed E-state index contributed by atoms with van der Waals surface area (Å²) in [6, 6.07) is 7.01. The number of aliphatic carboxylic acids is 1. The average molecular weight is 279 g/mol. The van der Waals surface area contributed by atoms with Crippen LogP contribution < -0.4 is 5.32 Å². The third-order valence-electron chi connectivity index (χ3n) is 2.16. The number of carboxylic acids is 1. The maximum atomic E-state index is 11.6. The molecule has 0 aliphatic rings. The van der Waals surface area contributed by atoms with Crippen molar-refractivity contribution in [1.82, 2.24) is 0 Å². The third-order valence-corrected chi connectivity index (χ3v) is 3.26. The van der Waals surface area contributed by atoms with E-state index in [0.717, 1.165) is 11.6 Å². The standard InChI is InChI=1S/C14H17NO3S/c1-10(2)19-9-13(16)15-12-6-3-11(4-7-12)5-8-14(17)18/h3-8,10H,9H2,1-2H3,(H,15,16)(H,17,18)/b8-5+. The fraction of sp³-hybridized carbons (Fsp3) is 0.286. The fourth-order valence-corrected chi connectivity index (χ4v) is 1.84. The molecule has 0 aliphatic carbocycles. The summed E-state index contributed by atoms with van der Waals surface area (Å²) in [6.45, 7) is 4.09. The predicted octanol–water partition coefficient (Wildman–Crippen LogP) is 2.86. The van der Waals surface area contributed by atoms with Crippen molar-refractivity contribution in [3.8, 4) is 0 Å². The number of benzene rings is 1. The van der Waals surface area contributed by atoms with Crippen molar-refractivity contribution in [2.45, 2.75) is 19.1 Å². The number of amides is 1. The molecule has 2 N–H and O–H groups in total. The van der Waals surface area contributed by atoms with Gasteiger partial charge in [0.2, 0.25) is 5.91 Å². The number of carboxylic acid groups (broad SMARTS) is 1. The van der Waals surface area contributed by atoms with Crippen LogP contribution in [0.25, 0.3) is 6.08 Å². The first-order chi connectivity index (χ1) is 8.97. The van der Waals surface area contributed by atoms with Gasteiger partial charge in [0.15, 0.2) is 0 Å². The molecule has 0 spiro atoms. The Morgan fingerprint density at radius 1 is 1.32 bits per heavy atom. The van der Waals surface area contributed by atoms with Crippen LogP contribution in [0.3, 0.4) is 0 Å². The second kappa shape index (κ2) is 7.63. The Bertz CT molecular complexity index is 466. The fourth-order valence-electron chi connectivity index (χ4n) is 1.28. The summed E-state index contributed by atoms with van der Waals surface area (Å²) in [5.41, 5.74) is 1.48. The van der Waals surface area contributed by atoms with Crippen molar-refractivity contribution in [1.29, 1.82) is 0 Å². The van der Waals surface area contributed by atoms with Gasteiger partial charge in [-0.25, -0.2) is 4.79 Å². The van der Waals surface area contributed by atoms with Gasteiger partial charge in [-0.2, -0.15) is 0 Å². The number of thioether (sulfide) groups is 1. The van der Waals surface area contributed by atoms with Crippen molar-refractivity contribution < 1.29 is 14.7 Å². The van der Waals surface area contributed by atoms with Crippen LogP contribution in [0.5, 0.6) is 0 Å². The smallest absolute Gasteiger partial charge is 0.328 e. The van der Waals surface area contributed by atoms with Gasteiger partial charge < -0.3 is 10.4 Å². The molecule has 0 saturated carbocycles. The zero-order valence-corrected chi connectivity index (χ0v) is 11.7. The molecule has 4 nitrogen and oxygen atoms in total. The van der Waals surface area contributed by atoms with Crippen LogP contribution in [-0.2, 0) is 9.59 Å². The molecule has 5 heteroatoms. The predicted molar refractivity (Wildman–Crippen MR) is 79.3 cm³/mol.